The zero-order valence-corrected chi connectivity index (χ0v) is 10.7. The Morgan fingerprint density at radius 2 is 2.41 bits per heavy atom. The van der Waals surface area contributed by atoms with Crippen molar-refractivity contribution in [3.8, 4) is 6.07 Å². The van der Waals surface area contributed by atoms with Gasteiger partial charge in [-0.3, -0.25) is 9.58 Å². The summed E-state index contributed by atoms with van der Waals surface area (Å²) in [7, 11) is 1.89. The molecule has 2 heterocycles. The number of hydrogen-bond acceptors (Lipinski definition) is 4. The molecule has 2 rings (SSSR count). The molecule has 0 bridgehead atoms. The third-order valence-corrected chi connectivity index (χ3v) is 3.42. The second kappa shape index (κ2) is 5.05. The summed E-state index contributed by atoms with van der Waals surface area (Å²) >= 11 is 6.20. The van der Waals surface area contributed by atoms with Crippen LogP contribution in [0.3, 0.4) is 0 Å². The molecule has 1 aromatic heterocycles. The standard InChI is InChI=1S/C11H15ClN4O/c1-8-11(12)10(15(2)14-8)7-16-3-4-17-9(5-13)6-16/h9H,3-4,6-7H2,1-2H3. The lowest BCUT2D eigenvalue weighted by Gasteiger charge is -2.29. The molecule has 92 valence electrons. The molecule has 0 N–H and O–H groups in total. The molecule has 1 saturated heterocycles. The highest BCUT2D eigenvalue weighted by atomic mass is 35.5. The minimum absolute atomic E-state index is 0.336. The van der Waals surface area contributed by atoms with E-state index in [0.717, 1.165) is 17.9 Å². The molecule has 1 aliphatic heterocycles. The Balaban J connectivity index is 2.08. The van der Waals surface area contributed by atoms with Crippen molar-refractivity contribution in [2.24, 2.45) is 7.05 Å². The summed E-state index contributed by atoms with van der Waals surface area (Å²) in [6, 6.07) is 2.13. The Morgan fingerprint density at radius 3 is 3.00 bits per heavy atom. The van der Waals surface area contributed by atoms with Gasteiger partial charge in [0.1, 0.15) is 0 Å². The van der Waals surface area contributed by atoms with Gasteiger partial charge in [0.15, 0.2) is 6.10 Å². The molecule has 1 atom stereocenters. The van der Waals surface area contributed by atoms with Gasteiger partial charge in [0, 0.05) is 26.7 Å². The lowest BCUT2D eigenvalue weighted by molar-refractivity contribution is -0.00348. The van der Waals surface area contributed by atoms with Gasteiger partial charge in [-0.1, -0.05) is 11.6 Å². The first-order chi connectivity index (χ1) is 8.11. The summed E-state index contributed by atoms with van der Waals surface area (Å²) in [6.07, 6.45) is -0.336. The number of nitriles is 1. The van der Waals surface area contributed by atoms with Crippen LogP contribution in [0.4, 0.5) is 0 Å². The van der Waals surface area contributed by atoms with E-state index in [-0.39, 0.29) is 6.10 Å². The molecule has 0 spiro atoms. The van der Waals surface area contributed by atoms with Gasteiger partial charge in [-0.15, -0.1) is 0 Å². The lowest BCUT2D eigenvalue weighted by Crippen LogP contribution is -2.41. The van der Waals surface area contributed by atoms with Crippen LogP contribution >= 0.6 is 11.6 Å². The summed E-state index contributed by atoms with van der Waals surface area (Å²) in [5, 5.41) is 13.8. The van der Waals surface area contributed by atoms with Crippen LogP contribution in [0, 0.1) is 18.3 Å². The first-order valence-electron chi connectivity index (χ1n) is 5.53. The van der Waals surface area contributed by atoms with E-state index in [1.807, 2.05) is 14.0 Å². The van der Waals surface area contributed by atoms with Crippen LogP contribution < -0.4 is 0 Å². The van der Waals surface area contributed by atoms with Crippen molar-refractivity contribution < 1.29 is 4.74 Å². The fourth-order valence-electron chi connectivity index (χ4n) is 1.99. The Labute approximate surface area is 106 Å². The van der Waals surface area contributed by atoms with Gasteiger partial charge in [-0.25, -0.2) is 0 Å². The van der Waals surface area contributed by atoms with Gasteiger partial charge in [0.25, 0.3) is 0 Å². The third-order valence-electron chi connectivity index (χ3n) is 2.93. The number of morpholine rings is 1. The maximum Gasteiger partial charge on any atom is 0.156 e. The predicted octanol–water partition coefficient (Wildman–Crippen LogP) is 1.11. The predicted molar refractivity (Wildman–Crippen MR) is 63.6 cm³/mol. The average Bonchev–Trinajstić information content (AvgIpc) is 2.56. The molecule has 0 saturated carbocycles. The van der Waals surface area contributed by atoms with Crippen molar-refractivity contribution in [1.82, 2.24) is 14.7 Å². The summed E-state index contributed by atoms with van der Waals surface area (Å²) < 4.78 is 7.10. The number of hydrogen-bond donors (Lipinski definition) is 0. The van der Waals surface area contributed by atoms with Gasteiger partial charge in [-0.05, 0) is 6.92 Å². The van der Waals surface area contributed by atoms with Gasteiger partial charge >= 0.3 is 0 Å². The zero-order chi connectivity index (χ0) is 12.4. The Morgan fingerprint density at radius 1 is 1.65 bits per heavy atom. The van der Waals surface area contributed by atoms with Crippen LogP contribution in [0.2, 0.25) is 5.02 Å². The van der Waals surface area contributed by atoms with Crippen LogP contribution in [0.5, 0.6) is 0 Å². The highest BCUT2D eigenvalue weighted by Crippen LogP contribution is 2.21. The molecule has 1 unspecified atom stereocenters. The molecule has 1 aromatic rings. The minimum atomic E-state index is -0.336. The normalized spacial score (nSPS) is 21.4. The van der Waals surface area contributed by atoms with E-state index in [9.17, 15) is 0 Å². The highest BCUT2D eigenvalue weighted by molar-refractivity contribution is 6.31. The van der Waals surface area contributed by atoms with Crippen LogP contribution in [-0.2, 0) is 18.3 Å². The fraction of sp³-hybridized carbons (Fsp3) is 0.636. The van der Waals surface area contributed by atoms with E-state index in [4.69, 9.17) is 21.6 Å². The first kappa shape index (κ1) is 12.4. The number of nitrogens with zero attached hydrogens (tertiary/aromatic N) is 4. The van der Waals surface area contributed by atoms with E-state index in [1.54, 1.807) is 4.68 Å². The molecule has 17 heavy (non-hydrogen) atoms. The molecule has 1 aliphatic rings. The number of rotatable bonds is 2. The monoisotopic (exact) mass is 254 g/mol. The van der Waals surface area contributed by atoms with Crippen molar-refractivity contribution in [3.63, 3.8) is 0 Å². The van der Waals surface area contributed by atoms with Crippen LogP contribution in [0.25, 0.3) is 0 Å². The molecule has 6 heteroatoms. The largest absolute Gasteiger partial charge is 0.361 e. The number of ether oxygens (including phenoxy) is 1. The summed E-state index contributed by atoms with van der Waals surface area (Å²) in [5.74, 6) is 0. The van der Waals surface area contributed by atoms with E-state index in [2.05, 4.69) is 16.1 Å². The molecule has 0 amide bonds. The number of aromatic nitrogens is 2. The zero-order valence-electron chi connectivity index (χ0n) is 9.98. The van der Waals surface area contributed by atoms with Crippen molar-refractivity contribution in [3.05, 3.63) is 16.4 Å². The molecular formula is C11H15ClN4O. The van der Waals surface area contributed by atoms with Crippen LogP contribution in [0.1, 0.15) is 11.4 Å². The maximum atomic E-state index is 8.84. The number of aryl methyl sites for hydroxylation is 2. The van der Waals surface area contributed by atoms with E-state index in [1.165, 1.54) is 0 Å². The van der Waals surface area contributed by atoms with Crippen LogP contribution in [0.15, 0.2) is 0 Å². The molecule has 0 aromatic carbocycles. The molecule has 0 aliphatic carbocycles. The van der Waals surface area contributed by atoms with Crippen LogP contribution in [-0.4, -0.2) is 40.5 Å². The SMILES string of the molecule is Cc1nn(C)c(CN2CCOC(C#N)C2)c1Cl. The number of halogens is 1. The van der Waals surface area contributed by atoms with Crippen molar-refractivity contribution >= 4 is 11.6 Å². The fourth-order valence-corrected chi connectivity index (χ4v) is 2.21. The Kier molecular flexibility index (Phi) is 3.67. The second-order valence-electron chi connectivity index (χ2n) is 4.19. The van der Waals surface area contributed by atoms with E-state index < -0.39 is 0 Å². The summed E-state index contributed by atoms with van der Waals surface area (Å²) in [4.78, 5) is 2.17. The van der Waals surface area contributed by atoms with Gasteiger partial charge < -0.3 is 4.74 Å². The van der Waals surface area contributed by atoms with Crippen molar-refractivity contribution in [1.29, 1.82) is 5.26 Å². The van der Waals surface area contributed by atoms with Gasteiger partial charge in [0.05, 0.1) is 29.1 Å². The van der Waals surface area contributed by atoms with Crippen molar-refractivity contribution in [2.75, 3.05) is 19.7 Å². The smallest absolute Gasteiger partial charge is 0.156 e. The van der Waals surface area contributed by atoms with E-state index >= 15 is 0 Å². The molecule has 0 radical (unpaired) electrons. The Bertz CT molecular complexity index is 451. The Hall–Kier alpha value is -1.09. The quantitative estimate of drug-likeness (QED) is 0.793. The topological polar surface area (TPSA) is 54.1 Å². The minimum Gasteiger partial charge on any atom is -0.361 e. The average molecular weight is 255 g/mol. The highest BCUT2D eigenvalue weighted by Gasteiger charge is 2.22. The molecular weight excluding hydrogens is 240 g/mol. The maximum absolute atomic E-state index is 8.84. The third kappa shape index (κ3) is 2.60. The molecule has 5 nitrogen and oxygen atoms in total. The van der Waals surface area contributed by atoms with Gasteiger partial charge in [-0.2, -0.15) is 10.4 Å². The molecule has 1 fully saturated rings. The summed E-state index contributed by atoms with van der Waals surface area (Å²) in [5.41, 5.74) is 1.83. The summed E-state index contributed by atoms with van der Waals surface area (Å²) in [6.45, 7) is 4.63. The van der Waals surface area contributed by atoms with Crippen molar-refractivity contribution in [2.45, 2.75) is 19.6 Å². The lowest BCUT2D eigenvalue weighted by atomic mass is 10.2. The first-order valence-corrected chi connectivity index (χ1v) is 5.91. The second-order valence-corrected chi connectivity index (χ2v) is 4.57. The van der Waals surface area contributed by atoms with Gasteiger partial charge in [0.2, 0.25) is 0 Å². The van der Waals surface area contributed by atoms with E-state index in [0.29, 0.717) is 24.7 Å².